The van der Waals surface area contributed by atoms with Gasteiger partial charge in [0.1, 0.15) is 0 Å². The van der Waals surface area contributed by atoms with Crippen molar-refractivity contribution < 1.29 is 9.90 Å². The summed E-state index contributed by atoms with van der Waals surface area (Å²) in [5.74, 6) is -0.283. The molecule has 2 N–H and O–H groups in total. The number of aliphatic hydroxyl groups is 1. The lowest BCUT2D eigenvalue weighted by Gasteiger charge is -2.11. The molecule has 0 spiro atoms. The molecule has 0 heterocycles. The molecule has 1 aromatic rings. The Hall–Kier alpha value is -0.580. The van der Waals surface area contributed by atoms with E-state index in [-0.39, 0.29) is 18.6 Å². The standard InChI is InChI=1S/C10H11BrClNO2/c1-6(5-14)13-10(15)8-3-2-7(11)4-9(8)12/h2-4,6,14H,5H2,1H3,(H,13,15)/t6-/m1/s1. The number of hydrogen-bond acceptors (Lipinski definition) is 2. The van der Waals surface area contributed by atoms with E-state index in [4.69, 9.17) is 16.7 Å². The summed E-state index contributed by atoms with van der Waals surface area (Å²) in [6, 6.07) is 4.74. The zero-order chi connectivity index (χ0) is 11.4. The third-order valence-electron chi connectivity index (χ3n) is 1.83. The second-order valence-electron chi connectivity index (χ2n) is 3.18. The molecule has 0 aromatic heterocycles. The van der Waals surface area contributed by atoms with Crippen LogP contribution in [0.1, 0.15) is 17.3 Å². The van der Waals surface area contributed by atoms with Crippen LogP contribution in [0, 0.1) is 0 Å². The van der Waals surface area contributed by atoms with E-state index >= 15 is 0 Å². The van der Waals surface area contributed by atoms with Gasteiger partial charge in [0.25, 0.3) is 5.91 Å². The molecule has 5 heteroatoms. The number of carbonyl (C=O) groups is 1. The number of rotatable bonds is 3. The van der Waals surface area contributed by atoms with E-state index in [1.165, 1.54) is 0 Å². The largest absolute Gasteiger partial charge is 0.394 e. The van der Waals surface area contributed by atoms with Gasteiger partial charge >= 0.3 is 0 Å². The van der Waals surface area contributed by atoms with E-state index in [9.17, 15) is 4.79 Å². The second-order valence-corrected chi connectivity index (χ2v) is 4.50. The highest BCUT2D eigenvalue weighted by molar-refractivity contribution is 9.10. The second kappa shape index (κ2) is 5.49. The number of hydrogen-bond donors (Lipinski definition) is 2. The molecule has 3 nitrogen and oxygen atoms in total. The molecule has 0 radical (unpaired) electrons. The third kappa shape index (κ3) is 3.48. The number of amides is 1. The zero-order valence-electron chi connectivity index (χ0n) is 8.13. The van der Waals surface area contributed by atoms with Crippen LogP contribution < -0.4 is 5.32 Å². The van der Waals surface area contributed by atoms with Crippen molar-refractivity contribution in [2.45, 2.75) is 13.0 Å². The number of benzene rings is 1. The normalized spacial score (nSPS) is 12.3. The Kier molecular flexibility index (Phi) is 4.57. The van der Waals surface area contributed by atoms with Crippen molar-refractivity contribution in [1.29, 1.82) is 0 Å². The van der Waals surface area contributed by atoms with Crippen LogP contribution in [0.25, 0.3) is 0 Å². The lowest BCUT2D eigenvalue weighted by Crippen LogP contribution is -2.35. The molecule has 0 aliphatic rings. The molecule has 0 unspecified atom stereocenters. The molecule has 0 bridgehead atoms. The molecule has 0 saturated heterocycles. The number of halogens is 2. The Balaban J connectivity index is 2.82. The zero-order valence-corrected chi connectivity index (χ0v) is 10.5. The number of carbonyl (C=O) groups excluding carboxylic acids is 1. The first-order chi connectivity index (χ1) is 7.04. The van der Waals surface area contributed by atoms with Crippen LogP contribution in [0.15, 0.2) is 22.7 Å². The van der Waals surface area contributed by atoms with Crippen molar-refractivity contribution in [2.75, 3.05) is 6.61 Å². The van der Waals surface area contributed by atoms with Crippen molar-refractivity contribution >= 4 is 33.4 Å². The molecule has 0 aliphatic carbocycles. The van der Waals surface area contributed by atoms with Crippen molar-refractivity contribution in [2.24, 2.45) is 0 Å². The van der Waals surface area contributed by atoms with Gasteiger partial charge in [-0.25, -0.2) is 0 Å². The van der Waals surface area contributed by atoms with Crippen LogP contribution >= 0.6 is 27.5 Å². The number of aliphatic hydroxyl groups excluding tert-OH is 1. The number of nitrogens with one attached hydrogen (secondary N) is 1. The first-order valence-corrected chi connectivity index (χ1v) is 5.58. The third-order valence-corrected chi connectivity index (χ3v) is 2.63. The Morgan fingerprint density at radius 2 is 2.33 bits per heavy atom. The molecule has 1 aromatic carbocycles. The molecule has 1 rings (SSSR count). The van der Waals surface area contributed by atoms with E-state index in [0.717, 1.165) is 4.47 Å². The van der Waals surface area contributed by atoms with Gasteiger partial charge < -0.3 is 10.4 Å². The van der Waals surface area contributed by atoms with Crippen LogP contribution in [0.5, 0.6) is 0 Å². The summed E-state index contributed by atoms with van der Waals surface area (Å²) in [5, 5.41) is 11.8. The molecular formula is C10H11BrClNO2. The van der Waals surface area contributed by atoms with E-state index in [0.29, 0.717) is 10.6 Å². The minimum absolute atomic E-state index is 0.0973. The van der Waals surface area contributed by atoms with Crippen molar-refractivity contribution in [1.82, 2.24) is 5.32 Å². The smallest absolute Gasteiger partial charge is 0.253 e. The first-order valence-electron chi connectivity index (χ1n) is 4.41. The van der Waals surface area contributed by atoms with Crippen molar-refractivity contribution in [3.05, 3.63) is 33.3 Å². The van der Waals surface area contributed by atoms with Gasteiger partial charge in [-0.3, -0.25) is 4.79 Å². The molecule has 82 valence electrons. The summed E-state index contributed by atoms with van der Waals surface area (Å²) in [5.41, 5.74) is 0.403. The molecule has 0 fully saturated rings. The fourth-order valence-corrected chi connectivity index (χ4v) is 1.78. The molecule has 15 heavy (non-hydrogen) atoms. The predicted molar refractivity (Wildman–Crippen MR) is 63.2 cm³/mol. The van der Waals surface area contributed by atoms with E-state index < -0.39 is 0 Å². The predicted octanol–water partition coefficient (Wildman–Crippen LogP) is 2.21. The summed E-state index contributed by atoms with van der Waals surface area (Å²) in [4.78, 5) is 11.6. The van der Waals surface area contributed by atoms with Crippen LogP contribution in [0.3, 0.4) is 0 Å². The molecule has 1 atom stereocenters. The minimum Gasteiger partial charge on any atom is -0.394 e. The van der Waals surface area contributed by atoms with Gasteiger partial charge in [-0.1, -0.05) is 27.5 Å². The van der Waals surface area contributed by atoms with Gasteiger partial charge in [-0.2, -0.15) is 0 Å². The van der Waals surface area contributed by atoms with Crippen molar-refractivity contribution in [3.63, 3.8) is 0 Å². The quantitative estimate of drug-likeness (QED) is 0.897. The Morgan fingerprint density at radius 1 is 1.67 bits per heavy atom. The Morgan fingerprint density at radius 3 is 2.87 bits per heavy atom. The van der Waals surface area contributed by atoms with Crippen LogP contribution in [0.4, 0.5) is 0 Å². The summed E-state index contributed by atoms with van der Waals surface area (Å²) >= 11 is 9.15. The van der Waals surface area contributed by atoms with E-state index in [2.05, 4.69) is 21.2 Å². The molecule has 0 saturated carbocycles. The Labute approximate surface area is 102 Å². The monoisotopic (exact) mass is 291 g/mol. The maximum atomic E-state index is 11.6. The first kappa shape index (κ1) is 12.5. The summed E-state index contributed by atoms with van der Waals surface area (Å²) in [7, 11) is 0. The van der Waals surface area contributed by atoms with Crippen LogP contribution in [-0.4, -0.2) is 23.7 Å². The summed E-state index contributed by atoms with van der Waals surface area (Å²) < 4.78 is 0.819. The highest BCUT2D eigenvalue weighted by Gasteiger charge is 2.12. The molecule has 0 aliphatic heterocycles. The van der Waals surface area contributed by atoms with Crippen LogP contribution in [-0.2, 0) is 0 Å². The van der Waals surface area contributed by atoms with Gasteiger partial charge in [0.05, 0.1) is 17.2 Å². The maximum Gasteiger partial charge on any atom is 0.253 e. The van der Waals surface area contributed by atoms with Gasteiger partial charge in [-0.15, -0.1) is 0 Å². The average molecular weight is 293 g/mol. The minimum atomic E-state index is -0.283. The van der Waals surface area contributed by atoms with Crippen LogP contribution in [0.2, 0.25) is 5.02 Å². The molecule has 1 amide bonds. The van der Waals surface area contributed by atoms with E-state index in [1.54, 1.807) is 25.1 Å². The summed E-state index contributed by atoms with van der Waals surface area (Å²) in [6.07, 6.45) is 0. The maximum absolute atomic E-state index is 11.6. The van der Waals surface area contributed by atoms with Crippen molar-refractivity contribution in [3.8, 4) is 0 Å². The molecular weight excluding hydrogens is 281 g/mol. The topological polar surface area (TPSA) is 49.3 Å². The lowest BCUT2D eigenvalue weighted by atomic mass is 10.2. The highest BCUT2D eigenvalue weighted by Crippen LogP contribution is 2.21. The SMILES string of the molecule is C[C@H](CO)NC(=O)c1ccc(Br)cc1Cl. The average Bonchev–Trinajstić information content (AvgIpc) is 2.17. The van der Waals surface area contributed by atoms with Gasteiger partial charge in [0.15, 0.2) is 0 Å². The lowest BCUT2D eigenvalue weighted by molar-refractivity contribution is 0.0922. The van der Waals surface area contributed by atoms with Gasteiger partial charge in [-0.05, 0) is 25.1 Å². The fraction of sp³-hybridized carbons (Fsp3) is 0.300. The fourth-order valence-electron chi connectivity index (χ4n) is 1.02. The highest BCUT2D eigenvalue weighted by atomic mass is 79.9. The van der Waals surface area contributed by atoms with E-state index in [1.807, 2.05) is 0 Å². The summed E-state index contributed by atoms with van der Waals surface area (Å²) in [6.45, 7) is 1.62. The van der Waals surface area contributed by atoms with Gasteiger partial charge in [0, 0.05) is 10.5 Å². The van der Waals surface area contributed by atoms with Gasteiger partial charge in [0.2, 0.25) is 0 Å². The Bertz CT molecular complexity index is 370.